The number of benzene rings is 1. The second kappa shape index (κ2) is 4.25. The zero-order chi connectivity index (χ0) is 13.7. The van der Waals surface area contributed by atoms with Gasteiger partial charge in [0.25, 0.3) is 0 Å². The van der Waals surface area contributed by atoms with Crippen LogP contribution < -0.4 is 4.74 Å². The minimum absolute atomic E-state index is 0.106. The van der Waals surface area contributed by atoms with Crippen LogP contribution in [0.2, 0.25) is 0 Å². The average molecular weight is 267 g/mol. The molecule has 5 rings (SSSR count). The van der Waals surface area contributed by atoms with Gasteiger partial charge < -0.3 is 4.74 Å². The summed E-state index contributed by atoms with van der Waals surface area (Å²) >= 11 is 0. The number of hydrogen-bond donors (Lipinski definition) is 0. The largest absolute Gasteiger partial charge is 0.487 e. The van der Waals surface area contributed by atoms with Gasteiger partial charge in [0.2, 0.25) is 0 Å². The van der Waals surface area contributed by atoms with Crippen LogP contribution in [-0.2, 0) is 0 Å². The van der Waals surface area contributed by atoms with Crippen molar-refractivity contribution in [3.8, 4) is 11.8 Å². The molecule has 4 saturated carbocycles. The monoisotopic (exact) mass is 267 g/mol. The SMILES string of the molecule is Cc1cc(OC23CC4CC(CC(C4)C2)C3)ccc1C#N. The van der Waals surface area contributed by atoms with Gasteiger partial charge in [-0.3, -0.25) is 0 Å². The van der Waals surface area contributed by atoms with E-state index in [0.29, 0.717) is 0 Å². The number of nitriles is 1. The van der Waals surface area contributed by atoms with Gasteiger partial charge in [-0.15, -0.1) is 0 Å². The molecule has 0 spiro atoms. The fraction of sp³-hybridized carbons (Fsp3) is 0.611. The van der Waals surface area contributed by atoms with Gasteiger partial charge in [0.1, 0.15) is 11.4 Å². The summed E-state index contributed by atoms with van der Waals surface area (Å²) in [5.74, 6) is 3.67. The van der Waals surface area contributed by atoms with Crippen molar-refractivity contribution in [2.24, 2.45) is 17.8 Å². The smallest absolute Gasteiger partial charge is 0.120 e. The molecule has 0 atom stereocenters. The lowest BCUT2D eigenvalue weighted by Crippen LogP contribution is -2.53. The number of ether oxygens (including phenoxy) is 1. The zero-order valence-electron chi connectivity index (χ0n) is 12.1. The summed E-state index contributed by atoms with van der Waals surface area (Å²) in [6, 6.07) is 8.14. The van der Waals surface area contributed by atoms with Crippen LogP contribution in [0.3, 0.4) is 0 Å². The van der Waals surface area contributed by atoms with Gasteiger partial charge in [0.05, 0.1) is 11.6 Å². The number of hydrogen-bond acceptors (Lipinski definition) is 2. The predicted molar refractivity (Wildman–Crippen MR) is 77.4 cm³/mol. The molecule has 0 N–H and O–H groups in total. The summed E-state index contributed by atoms with van der Waals surface area (Å²) in [6.45, 7) is 1.99. The van der Waals surface area contributed by atoms with Crippen molar-refractivity contribution in [3.05, 3.63) is 29.3 Å². The van der Waals surface area contributed by atoms with Crippen LogP contribution in [0.1, 0.15) is 49.7 Å². The van der Waals surface area contributed by atoms with E-state index in [4.69, 9.17) is 10.00 Å². The Kier molecular flexibility index (Phi) is 2.61. The summed E-state index contributed by atoms with van der Waals surface area (Å²) in [5, 5.41) is 9.02. The van der Waals surface area contributed by atoms with Crippen molar-refractivity contribution >= 4 is 0 Å². The molecule has 4 aliphatic rings. The highest BCUT2D eigenvalue weighted by molar-refractivity contribution is 5.42. The van der Waals surface area contributed by atoms with E-state index in [1.807, 2.05) is 25.1 Å². The first kappa shape index (κ1) is 12.3. The molecular formula is C18H21NO. The summed E-state index contributed by atoms with van der Waals surface area (Å²) in [4.78, 5) is 0. The second-order valence-corrected chi connectivity index (χ2v) is 7.29. The zero-order valence-corrected chi connectivity index (χ0v) is 12.1. The maximum Gasteiger partial charge on any atom is 0.120 e. The van der Waals surface area contributed by atoms with Crippen molar-refractivity contribution in [2.45, 2.75) is 51.0 Å². The Morgan fingerprint density at radius 1 is 1.10 bits per heavy atom. The molecule has 0 radical (unpaired) electrons. The van der Waals surface area contributed by atoms with Crippen LogP contribution in [0.4, 0.5) is 0 Å². The third-order valence-electron chi connectivity index (χ3n) is 5.63. The van der Waals surface area contributed by atoms with Crippen molar-refractivity contribution in [1.82, 2.24) is 0 Å². The molecule has 0 unspecified atom stereocenters. The van der Waals surface area contributed by atoms with E-state index in [-0.39, 0.29) is 5.60 Å². The van der Waals surface area contributed by atoms with E-state index in [9.17, 15) is 0 Å². The summed E-state index contributed by atoms with van der Waals surface area (Å²) in [7, 11) is 0. The first-order valence-corrected chi connectivity index (χ1v) is 7.85. The van der Waals surface area contributed by atoms with E-state index in [1.54, 1.807) is 0 Å². The molecule has 0 saturated heterocycles. The Morgan fingerprint density at radius 3 is 2.20 bits per heavy atom. The van der Waals surface area contributed by atoms with Gasteiger partial charge in [-0.2, -0.15) is 5.26 Å². The molecule has 4 fully saturated rings. The highest BCUT2D eigenvalue weighted by Crippen LogP contribution is 2.57. The Hall–Kier alpha value is -1.49. The predicted octanol–water partition coefficient (Wildman–Crippen LogP) is 4.21. The molecule has 2 nitrogen and oxygen atoms in total. The van der Waals surface area contributed by atoms with Crippen LogP contribution in [-0.4, -0.2) is 5.60 Å². The quantitative estimate of drug-likeness (QED) is 0.804. The van der Waals surface area contributed by atoms with Gasteiger partial charge in [0, 0.05) is 0 Å². The lowest BCUT2D eigenvalue weighted by molar-refractivity contribution is -0.107. The van der Waals surface area contributed by atoms with Gasteiger partial charge in [-0.25, -0.2) is 0 Å². The lowest BCUT2D eigenvalue weighted by atomic mass is 9.54. The lowest BCUT2D eigenvalue weighted by Gasteiger charge is -2.56. The minimum atomic E-state index is 0.106. The molecule has 104 valence electrons. The molecule has 4 aliphatic carbocycles. The molecule has 20 heavy (non-hydrogen) atoms. The minimum Gasteiger partial charge on any atom is -0.487 e. The van der Waals surface area contributed by atoms with Crippen LogP contribution in [0.25, 0.3) is 0 Å². The third kappa shape index (κ3) is 1.92. The maximum absolute atomic E-state index is 9.02. The Bertz CT molecular complexity index is 548. The fourth-order valence-electron chi connectivity index (χ4n) is 5.23. The third-order valence-corrected chi connectivity index (χ3v) is 5.63. The van der Waals surface area contributed by atoms with Gasteiger partial charge >= 0.3 is 0 Å². The van der Waals surface area contributed by atoms with E-state index in [0.717, 1.165) is 34.6 Å². The summed E-state index contributed by atoms with van der Waals surface area (Å²) in [5.41, 5.74) is 1.88. The normalized spacial score (nSPS) is 37.7. The maximum atomic E-state index is 9.02. The molecule has 2 heteroatoms. The number of aryl methyl sites for hydroxylation is 1. The standard InChI is InChI=1S/C18H21NO/c1-12-4-17(3-2-16(12)11-19)20-18-8-13-5-14(9-18)7-15(6-13)10-18/h2-4,13-15H,5-10H2,1H3. The van der Waals surface area contributed by atoms with Crippen molar-refractivity contribution in [1.29, 1.82) is 5.26 Å². The fourth-order valence-corrected chi connectivity index (χ4v) is 5.23. The highest BCUT2D eigenvalue weighted by atomic mass is 16.5. The van der Waals surface area contributed by atoms with Gasteiger partial charge in [-0.05, 0) is 87.0 Å². The van der Waals surface area contributed by atoms with Crippen molar-refractivity contribution in [2.75, 3.05) is 0 Å². The summed E-state index contributed by atoms with van der Waals surface area (Å²) < 4.78 is 6.49. The van der Waals surface area contributed by atoms with Crippen LogP contribution in [0.5, 0.6) is 5.75 Å². The second-order valence-electron chi connectivity index (χ2n) is 7.29. The molecule has 1 aromatic carbocycles. The molecule has 0 aliphatic heterocycles. The first-order chi connectivity index (χ1) is 9.66. The highest BCUT2D eigenvalue weighted by Gasteiger charge is 2.52. The number of nitrogens with zero attached hydrogens (tertiary/aromatic N) is 1. The topological polar surface area (TPSA) is 33.0 Å². The Labute approximate surface area is 120 Å². The van der Waals surface area contributed by atoms with Crippen LogP contribution in [0, 0.1) is 36.0 Å². The molecule has 0 heterocycles. The average Bonchev–Trinajstić information content (AvgIpc) is 2.36. The first-order valence-electron chi connectivity index (χ1n) is 7.85. The Morgan fingerprint density at radius 2 is 1.70 bits per heavy atom. The van der Waals surface area contributed by atoms with Crippen LogP contribution in [0.15, 0.2) is 18.2 Å². The van der Waals surface area contributed by atoms with E-state index >= 15 is 0 Å². The Balaban J connectivity index is 1.60. The van der Waals surface area contributed by atoms with Crippen molar-refractivity contribution in [3.63, 3.8) is 0 Å². The van der Waals surface area contributed by atoms with Crippen molar-refractivity contribution < 1.29 is 4.74 Å². The van der Waals surface area contributed by atoms with Crippen LogP contribution >= 0.6 is 0 Å². The van der Waals surface area contributed by atoms with E-state index in [1.165, 1.54) is 38.5 Å². The molecule has 0 aromatic heterocycles. The molecule has 4 bridgehead atoms. The van der Waals surface area contributed by atoms with E-state index in [2.05, 4.69) is 6.07 Å². The number of rotatable bonds is 2. The molecule has 0 amide bonds. The van der Waals surface area contributed by atoms with E-state index < -0.39 is 0 Å². The molecule has 1 aromatic rings. The van der Waals surface area contributed by atoms with Gasteiger partial charge in [-0.1, -0.05) is 0 Å². The molecular weight excluding hydrogens is 246 g/mol. The summed E-state index contributed by atoms with van der Waals surface area (Å²) in [6.07, 6.45) is 8.06. The van der Waals surface area contributed by atoms with Gasteiger partial charge in [0.15, 0.2) is 0 Å².